The van der Waals surface area contributed by atoms with Crippen molar-refractivity contribution in [1.29, 1.82) is 0 Å². The van der Waals surface area contributed by atoms with E-state index in [0.29, 0.717) is 19.0 Å². The molecular formula is C12H24N3O2+. The van der Waals surface area contributed by atoms with Crippen LogP contribution in [-0.2, 0) is 4.79 Å². The molecule has 5 heteroatoms. The van der Waals surface area contributed by atoms with Gasteiger partial charge in [0.05, 0.1) is 13.1 Å². The molecule has 0 aromatic rings. The number of quaternary nitrogens is 1. The van der Waals surface area contributed by atoms with Gasteiger partial charge in [-0.15, -0.1) is 0 Å². The highest BCUT2D eigenvalue weighted by Gasteiger charge is 2.18. The second-order valence-corrected chi connectivity index (χ2v) is 5.14. The lowest BCUT2D eigenvalue weighted by Crippen LogP contribution is -3.14. The van der Waals surface area contributed by atoms with Gasteiger partial charge in [-0.25, -0.2) is 4.79 Å². The third-order valence-electron chi connectivity index (χ3n) is 2.90. The maximum absolute atomic E-state index is 11.6. The van der Waals surface area contributed by atoms with Crippen molar-refractivity contribution in [3.63, 3.8) is 0 Å². The fourth-order valence-electron chi connectivity index (χ4n) is 1.97. The molecule has 1 rings (SSSR count). The molecule has 1 aliphatic rings. The molecule has 1 saturated heterocycles. The molecule has 0 aromatic carbocycles. The molecule has 0 unspecified atom stereocenters. The molecular weight excluding hydrogens is 218 g/mol. The molecule has 0 atom stereocenters. The Morgan fingerprint density at radius 2 is 1.82 bits per heavy atom. The van der Waals surface area contributed by atoms with Crippen LogP contribution in [0.3, 0.4) is 0 Å². The van der Waals surface area contributed by atoms with E-state index in [0.717, 1.165) is 13.1 Å². The third kappa shape index (κ3) is 6.26. The lowest BCUT2D eigenvalue weighted by atomic mass is 10.1. The lowest BCUT2D eigenvalue weighted by Gasteiger charge is -2.22. The number of imide groups is 1. The Morgan fingerprint density at radius 1 is 1.18 bits per heavy atom. The number of hydrogen-bond donors (Lipinski definition) is 3. The molecule has 1 heterocycles. The van der Waals surface area contributed by atoms with Gasteiger partial charge in [0.1, 0.15) is 0 Å². The summed E-state index contributed by atoms with van der Waals surface area (Å²) in [7, 11) is 0. The Morgan fingerprint density at radius 3 is 2.41 bits per heavy atom. The van der Waals surface area contributed by atoms with Crippen LogP contribution in [0.25, 0.3) is 0 Å². The number of rotatable bonds is 4. The molecule has 5 nitrogen and oxygen atoms in total. The van der Waals surface area contributed by atoms with E-state index in [1.165, 1.54) is 24.2 Å². The predicted molar refractivity (Wildman–Crippen MR) is 65.8 cm³/mol. The van der Waals surface area contributed by atoms with Crippen molar-refractivity contribution in [2.75, 3.05) is 26.2 Å². The summed E-state index contributed by atoms with van der Waals surface area (Å²) in [6, 6.07) is -0.375. The number of amides is 3. The summed E-state index contributed by atoms with van der Waals surface area (Å²) in [6.45, 7) is 7.12. The lowest BCUT2D eigenvalue weighted by molar-refractivity contribution is -0.896. The SMILES string of the molecule is CC(C)CNC(=O)NC(=O)C[NH+]1CCCCC1. The van der Waals surface area contributed by atoms with Crippen molar-refractivity contribution in [3.05, 3.63) is 0 Å². The van der Waals surface area contributed by atoms with Crippen LogP contribution in [0.15, 0.2) is 0 Å². The molecule has 0 aromatic heterocycles. The van der Waals surface area contributed by atoms with Crippen molar-refractivity contribution < 1.29 is 14.5 Å². The van der Waals surface area contributed by atoms with Crippen LogP contribution in [0.1, 0.15) is 33.1 Å². The van der Waals surface area contributed by atoms with Crippen molar-refractivity contribution in [2.24, 2.45) is 5.92 Å². The highest BCUT2D eigenvalue weighted by Crippen LogP contribution is 1.94. The van der Waals surface area contributed by atoms with E-state index in [-0.39, 0.29) is 11.9 Å². The first-order valence-electron chi connectivity index (χ1n) is 6.49. The zero-order valence-electron chi connectivity index (χ0n) is 10.8. The van der Waals surface area contributed by atoms with Crippen molar-refractivity contribution in [2.45, 2.75) is 33.1 Å². The summed E-state index contributed by atoms with van der Waals surface area (Å²) >= 11 is 0. The Kier molecular flexibility index (Phi) is 5.97. The fourth-order valence-corrected chi connectivity index (χ4v) is 1.97. The molecule has 0 radical (unpaired) electrons. The molecule has 0 bridgehead atoms. The van der Waals surface area contributed by atoms with E-state index in [1.54, 1.807) is 0 Å². The van der Waals surface area contributed by atoms with Crippen LogP contribution >= 0.6 is 0 Å². The van der Waals surface area contributed by atoms with Gasteiger partial charge in [0, 0.05) is 6.54 Å². The predicted octanol–water partition coefficient (Wildman–Crippen LogP) is -0.463. The summed E-state index contributed by atoms with van der Waals surface area (Å²) < 4.78 is 0. The van der Waals surface area contributed by atoms with Crippen LogP contribution < -0.4 is 15.5 Å². The molecule has 3 amide bonds. The Balaban J connectivity index is 2.17. The minimum Gasteiger partial charge on any atom is -0.338 e. The number of likely N-dealkylation sites (tertiary alicyclic amines) is 1. The highest BCUT2D eigenvalue weighted by atomic mass is 16.2. The maximum Gasteiger partial charge on any atom is 0.321 e. The van der Waals surface area contributed by atoms with E-state index in [1.807, 2.05) is 13.8 Å². The van der Waals surface area contributed by atoms with Crippen molar-refractivity contribution in [3.8, 4) is 0 Å². The molecule has 17 heavy (non-hydrogen) atoms. The molecule has 1 aliphatic heterocycles. The first-order chi connectivity index (χ1) is 8.08. The van der Waals surface area contributed by atoms with Crippen LogP contribution in [0.4, 0.5) is 4.79 Å². The summed E-state index contributed by atoms with van der Waals surface area (Å²) in [6.07, 6.45) is 3.63. The van der Waals surface area contributed by atoms with Crippen molar-refractivity contribution >= 4 is 11.9 Å². The van der Waals surface area contributed by atoms with Crippen LogP contribution in [-0.4, -0.2) is 38.1 Å². The molecule has 0 spiro atoms. The van der Waals surface area contributed by atoms with Crippen LogP contribution in [0.2, 0.25) is 0 Å². The van der Waals surface area contributed by atoms with Gasteiger partial charge in [0.15, 0.2) is 6.54 Å². The number of carbonyl (C=O) groups is 2. The Labute approximate surface area is 103 Å². The monoisotopic (exact) mass is 242 g/mol. The molecule has 98 valence electrons. The Hall–Kier alpha value is -1.10. The van der Waals surface area contributed by atoms with Gasteiger partial charge < -0.3 is 10.2 Å². The second-order valence-electron chi connectivity index (χ2n) is 5.14. The topological polar surface area (TPSA) is 62.6 Å². The number of piperidine rings is 1. The first kappa shape index (κ1) is 14.0. The molecule has 0 aliphatic carbocycles. The van der Waals surface area contributed by atoms with Gasteiger partial charge in [0.2, 0.25) is 0 Å². The molecule has 3 N–H and O–H groups in total. The number of carbonyl (C=O) groups excluding carboxylic acids is 2. The van der Waals surface area contributed by atoms with Crippen LogP contribution in [0.5, 0.6) is 0 Å². The van der Waals surface area contributed by atoms with E-state index in [9.17, 15) is 9.59 Å². The van der Waals surface area contributed by atoms with E-state index in [2.05, 4.69) is 10.6 Å². The number of urea groups is 1. The van der Waals surface area contributed by atoms with Gasteiger partial charge in [-0.1, -0.05) is 13.8 Å². The highest BCUT2D eigenvalue weighted by molar-refractivity contribution is 5.94. The van der Waals surface area contributed by atoms with Gasteiger partial charge in [-0.3, -0.25) is 10.1 Å². The summed E-state index contributed by atoms with van der Waals surface area (Å²) in [4.78, 5) is 24.2. The normalized spacial score (nSPS) is 16.9. The van der Waals surface area contributed by atoms with Gasteiger partial charge in [-0.05, 0) is 25.2 Å². The smallest absolute Gasteiger partial charge is 0.321 e. The maximum atomic E-state index is 11.6. The van der Waals surface area contributed by atoms with Crippen LogP contribution in [0, 0.1) is 5.92 Å². The zero-order valence-corrected chi connectivity index (χ0v) is 10.8. The summed E-state index contributed by atoms with van der Waals surface area (Å²) in [5.41, 5.74) is 0. The zero-order chi connectivity index (χ0) is 12.7. The molecule has 1 fully saturated rings. The summed E-state index contributed by atoms with van der Waals surface area (Å²) in [5, 5.41) is 5.04. The first-order valence-corrected chi connectivity index (χ1v) is 6.49. The number of nitrogens with one attached hydrogen (secondary N) is 3. The largest absolute Gasteiger partial charge is 0.338 e. The summed E-state index contributed by atoms with van der Waals surface area (Å²) in [5.74, 6) is 0.215. The average molecular weight is 242 g/mol. The average Bonchev–Trinajstić information content (AvgIpc) is 2.27. The Bertz CT molecular complexity index is 260. The van der Waals surface area contributed by atoms with Gasteiger partial charge >= 0.3 is 6.03 Å². The fraction of sp³-hybridized carbons (Fsp3) is 0.833. The van der Waals surface area contributed by atoms with Gasteiger partial charge in [0.25, 0.3) is 5.91 Å². The minimum absolute atomic E-state index is 0.178. The number of hydrogen-bond acceptors (Lipinski definition) is 2. The van der Waals surface area contributed by atoms with Gasteiger partial charge in [-0.2, -0.15) is 0 Å². The second kappa shape index (κ2) is 7.27. The van der Waals surface area contributed by atoms with E-state index < -0.39 is 0 Å². The quantitative estimate of drug-likeness (QED) is 0.624. The molecule has 0 saturated carbocycles. The standard InChI is InChI=1S/C12H23N3O2/c1-10(2)8-13-12(17)14-11(16)9-15-6-4-3-5-7-15/h10H,3-9H2,1-2H3,(H2,13,14,16,17)/p+1. The van der Waals surface area contributed by atoms with E-state index >= 15 is 0 Å². The minimum atomic E-state index is -0.375. The van der Waals surface area contributed by atoms with E-state index in [4.69, 9.17) is 0 Å². The third-order valence-corrected chi connectivity index (χ3v) is 2.90. The van der Waals surface area contributed by atoms with Crippen molar-refractivity contribution in [1.82, 2.24) is 10.6 Å².